The van der Waals surface area contributed by atoms with E-state index in [0.29, 0.717) is 5.92 Å². The van der Waals surface area contributed by atoms with Crippen LogP contribution >= 0.6 is 0 Å². The van der Waals surface area contributed by atoms with E-state index in [0.717, 1.165) is 18.8 Å². The highest BCUT2D eigenvalue weighted by molar-refractivity contribution is 5.70. The molecule has 3 heteroatoms. The topological polar surface area (TPSA) is 63.3 Å². The van der Waals surface area contributed by atoms with Gasteiger partial charge in [0.1, 0.15) is 0 Å². The van der Waals surface area contributed by atoms with Crippen molar-refractivity contribution in [2.24, 2.45) is 23.5 Å². The van der Waals surface area contributed by atoms with Gasteiger partial charge < -0.3 is 10.8 Å². The molecule has 2 atom stereocenters. The third-order valence-corrected chi connectivity index (χ3v) is 4.29. The van der Waals surface area contributed by atoms with Gasteiger partial charge >= 0.3 is 5.97 Å². The van der Waals surface area contributed by atoms with Gasteiger partial charge in [-0.1, -0.05) is 51.9 Å². The summed E-state index contributed by atoms with van der Waals surface area (Å²) in [5, 5.41) is 9.02. The number of carboxylic acids is 1. The molecule has 17 heavy (non-hydrogen) atoms. The van der Waals surface area contributed by atoms with Crippen molar-refractivity contribution >= 4 is 5.97 Å². The SMILES string of the molecule is CC[C@@H](CCC1CCCC1)C[C@H](CN)C(=O)O. The van der Waals surface area contributed by atoms with E-state index < -0.39 is 5.97 Å². The second-order valence-electron chi connectivity index (χ2n) is 5.51. The quantitative estimate of drug-likeness (QED) is 0.686. The fourth-order valence-corrected chi connectivity index (χ4v) is 2.96. The summed E-state index contributed by atoms with van der Waals surface area (Å²) in [6.45, 7) is 2.43. The van der Waals surface area contributed by atoms with E-state index in [-0.39, 0.29) is 12.5 Å². The average Bonchev–Trinajstić information content (AvgIpc) is 2.82. The molecule has 1 rings (SSSR count). The first-order valence-electron chi connectivity index (χ1n) is 7.10. The average molecular weight is 241 g/mol. The highest BCUT2D eigenvalue weighted by Gasteiger charge is 2.22. The first kappa shape index (κ1) is 14.5. The second-order valence-corrected chi connectivity index (χ2v) is 5.51. The van der Waals surface area contributed by atoms with E-state index >= 15 is 0 Å². The largest absolute Gasteiger partial charge is 0.481 e. The third kappa shape index (κ3) is 5.07. The van der Waals surface area contributed by atoms with Gasteiger partial charge in [0.2, 0.25) is 0 Å². The standard InChI is InChI=1S/C14H27NO2/c1-2-11(9-13(10-15)14(16)17)7-8-12-5-3-4-6-12/h11-13H,2-10,15H2,1H3,(H,16,17)/t11-,13+/m0/s1. The van der Waals surface area contributed by atoms with Crippen LogP contribution in [0.5, 0.6) is 0 Å². The highest BCUT2D eigenvalue weighted by Crippen LogP contribution is 2.31. The van der Waals surface area contributed by atoms with Crippen LogP contribution in [-0.4, -0.2) is 17.6 Å². The van der Waals surface area contributed by atoms with Crippen LogP contribution < -0.4 is 5.73 Å². The van der Waals surface area contributed by atoms with E-state index in [4.69, 9.17) is 10.8 Å². The van der Waals surface area contributed by atoms with Crippen molar-refractivity contribution in [2.45, 2.75) is 58.3 Å². The lowest BCUT2D eigenvalue weighted by Gasteiger charge is -2.20. The van der Waals surface area contributed by atoms with E-state index in [1.165, 1.54) is 38.5 Å². The first-order chi connectivity index (χ1) is 8.17. The smallest absolute Gasteiger partial charge is 0.307 e. The fourth-order valence-electron chi connectivity index (χ4n) is 2.96. The van der Waals surface area contributed by atoms with Gasteiger partial charge in [-0.25, -0.2) is 0 Å². The molecule has 0 aromatic heterocycles. The zero-order chi connectivity index (χ0) is 12.7. The molecule has 0 heterocycles. The predicted octanol–water partition coefficient (Wildman–Crippen LogP) is 3.03. The number of aliphatic carboxylic acids is 1. The maximum absolute atomic E-state index is 11.0. The Balaban J connectivity index is 2.28. The van der Waals surface area contributed by atoms with Crippen molar-refractivity contribution in [2.75, 3.05) is 6.54 Å². The maximum atomic E-state index is 11.0. The molecular weight excluding hydrogens is 214 g/mol. The van der Waals surface area contributed by atoms with Gasteiger partial charge in [0, 0.05) is 6.54 Å². The van der Waals surface area contributed by atoms with Gasteiger partial charge in [-0.15, -0.1) is 0 Å². The molecular formula is C14H27NO2. The van der Waals surface area contributed by atoms with Crippen LogP contribution in [0.3, 0.4) is 0 Å². The maximum Gasteiger partial charge on any atom is 0.307 e. The van der Waals surface area contributed by atoms with Crippen LogP contribution in [0.4, 0.5) is 0 Å². The monoisotopic (exact) mass is 241 g/mol. The molecule has 100 valence electrons. The van der Waals surface area contributed by atoms with Crippen molar-refractivity contribution in [3.05, 3.63) is 0 Å². The van der Waals surface area contributed by atoms with Crippen molar-refractivity contribution in [3.8, 4) is 0 Å². The number of carboxylic acid groups (broad SMARTS) is 1. The van der Waals surface area contributed by atoms with Crippen LogP contribution in [-0.2, 0) is 4.79 Å². The number of carbonyl (C=O) groups is 1. The van der Waals surface area contributed by atoms with Gasteiger partial charge in [-0.2, -0.15) is 0 Å². The lowest BCUT2D eigenvalue weighted by Crippen LogP contribution is -2.25. The number of hydrogen-bond donors (Lipinski definition) is 2. The minimum atomic E-state index is -0.730. The summed E-state index contributed by atoms with van der Waals surface area (Å²) in [7, 11) is 0. The van der Waals surface area contributed by atoms with Crippen molar-refractivity contribution in [3.63, 3.8) is 0 Å². The summed E-state index contributed by atoms with van der Waals surface area (Å²) < 4.78 is 0. The minimum absolute atomic E-state index is 0.273. The minimum Gasteiger partial charge on any atom is -0.481 e. The lowest BCUT2D eigenvalue weighted by atomic mass is 9.86. The zero-order valence-electron chi connectivity index (χ0n) is 11.0. The lowest BCUT2D eigenvalue weighted by molar-refractivity contribution is -0.142. The molecule has 1 fully saturated rings. The number of rotatable bonds is 8. The van der Waals surface area contributed by atoms with Crippen LogP contribution in [0.1, 0.15) is 58.3 Å². The van der Waals surface area contributed by atoms with Gasteiger partial charge in [0.05, 0.1) is 5.92 Å². The van der Waals surface area contributed by atoms with E-state index in [1.54, 1.807) is 0 Å². The molecule has 0 aliphatic heterocycles. The molecule has 3 N–H and O–H groups in total. The molecule has 0 unspecified atom stereocenters. The van der Waals surface area contributed by atoms with E-state index in [1.807, 2.05) is 0 Å². The summed E-state index contributed by atoms with van der Waals surface area (Å²) in [6, 6.07) is 0. The Kier molecular flexibility index (Phi) is 6.56. The Morgan fingerprint density at radius 2 is 2.06 bits per heavy atom. The molecule has 0 aromatic rings. The van der Waals surface area contributed by atoms with Crippen molar-refractivity contribution < 1.29 is 9.90 Å². The summed E-state index contributed by atoms with van der Waals surface area (Å²) in [5.41, 5.74) is 5.51. The molecule has 3 nitrogen and oxygen atoms in total. The van der Waals surface area contributed by atoms with E-state index in [9.17, 15) is 4.79 Å². The van der Waals surface area contributed by atoms with Crippen LogP contribution in [0.15, 0.2) is 0 Å². The summed E-state index contributed by atoms with van der Waals surface area (Å²) in [4.78, 5) is 11.0. The van der Waals surface area contributed by atoms with Crippen molar-refractivity contribution in [1.82, 2.24) is 0 Å². The molecule has 1 saturated carbocycles. The second kappa shape index (κ2) is 7.70. The van der Waals surface area contributed by atoms with Gasteiger partial charge in [0.15, 0.2) is 0 Å². The van der Waals surface area contributed by atoms with Crippen LogP contribution in [0, 0.1) is 17.8 Å². The summed E-state index contributed by atoms with van der Waals surface area (Å²) in [5.74, 6) is 0.376. The van der Waals surface area contributed by atoms with Gasteiger partial charge in [-0.3, -0.25) is 4.79 Å². The molecule has 0 bridgehead atoms. The van der Waals surface area contributed by atoms with Crippen molar-refractivity contribution in [1.29, 1.82) is 0 Å². The summed E-state index contributed by atoms with van der Waals surface area (Å²) in [6.07, 6.45) is 9.86. The molecule has 0 spiro atoms. The molecule has 0 aromatic carbocycles. The molecule has 0 saturated heterocycles. The van der Waals surface area contributed by atoms with Crippen LogP contribution in [0.25, 0.3) is 0 Å². The summed E-state index contributed by atoms with van der Waals surface area (Å²) >= 11 is 0. The fraction of sp³-hybridized carbons (Fsp3) is 0.929. The molecule has 1 aliphatic carbocycles. The molecule has 0 radical (unpaired) electrons. The van der Waals surface area contributed by atoms with Gasteiger partial charge in [0.25, 0.3) is 0 Å². The Morgan fingerprint density at radius 1 is 1.41 bits per heavy atom. The Morgan fingerprint density at radius 3 is 2.53 bits per heavy atom. The Hall–Kier alpha value is -0.570. The number of nitrogens with two attached hydrogens (primary N) is 1. The predicted molar refractivity (Wildman–Crippen MR) is 69.8 cm³/mol. The van der Waals surface area contributed by atoms with E-state index in [2.05, 4.69) is 6.92 Å². The Labute approximate surface area is 105 Å². The molecule has 1 aliphatic rings. The van der Waals surface area contributed by atoms with Gasteiger partial charge in [-0.05, 0) is 18.3 Å². The molecule has 0 amide bonds. The first-order valence-corrected chi connectivity index (χ1v) is 7.10. The zero-order valence-corrected chi connectivity index (χ0v) is 11.0. The number of hydrogen-bond acceptors (Lipinski definition) is 2. The normalized spacial score (nSPS) is 20.4. The third-order valence-electron chi connectivity index (χ3n) is 4.29. The Bertz CT molecular complexity index is 224. The van der Waals surface area contributed by atoms with Crippen LogP contribution in [0.2, 0.25) is 0 Å². The highest BCUT2D eigenvalue weighted by atomic mass is 16.4.